The van der Waals surface area contributed by atoms with Crippen molar-refractivity contribution in [3.63, 3.8) is 0 Å². The highest BCUT2D eigenvalue weighted by Crippen LogP contribution is 2.63. The van der Waals surface area contributed by atoms with E-state index in [2.05, 4.69) is 55.5 Å². The highest BCUT2D eigenvalue weighted by Gasteiger charge is 2.47. The van der Waals surface area contributed by atoms with Crippen molar-refractivity contribution < 1.29 is 14.6 Å². The first-order valence-electron chi connectivity index (χ1n) is 12.5. The van der Waals surface area contributed by atoms with E-state index in [1.807, 2.05) is 13.1 Å². The molecule has 2 unspecified atom stereocenters. The number of aryl methyl sites for hydroxylation is 1. The van der Waals surface area contributed by atoms with E-state index in [-0.39, 0.29) is 12.4 Å². The number of carbonyl (C=O) groups excluding carboxylic acids is 1. The molecule has 35 heavy (non-hydrogen) atoms. The van der Waals surface area contributed by atoms with Gasteiger partial charge >= 0.3 is 5.97 Å². The van der Waals surface area contributed by atoms with E-state index >= 15 is 0 Å². The summed E-state index contributed by atoms with van der Waals surface area (Å²) in [5, 5.41) is 12.2. The van der Waals surface area contributed by atoms with Gasteiger partial charge in [-0.2, -0.15) is 0 Å². The number of carbonyl (C=O) groups is 1. The van der Waals surface area contributed by atoms with E-state index in [1.165, 1.54) is 28.3 Å². The van der Waals surface area contributed by atoms with Crippen LogP contribution in [0.3, 0.4) is 0 Å². The number of ether oxygens (including phenoxy) is 1. The first-order valence-corrected chi connectivity index (χ1v) is 12.5. The third kappa shape index (κ3) is 4.43. The summed E-state index contributed by atoms with van der Waals surface area (Å²) in [5.41, 5.74) is 7.86. The Morgan fingerprint density at radius 1 is 1.09 bits per heavy atom. The fourth-order valence-electron chi connectivity index (χ4n) is 5.44. The van der Waals surface area contributed by atoms with E-state index in [0.717, 1.165) is 33.2 Å². The van der Waals surface area contributed by atoms with Crippen molar-refractivity contribution in [3.05, 3.63) is 77.0 Å². The molecule has 0 radical (unpaired) electrons. The third-order valence-corrected chi connectivity index (χ3v) is 6.82. The van der Waals surface area contributed by atoms with Gasteiger partial charge < -0.3 is 9.84 Å². The van der Waals surface area contributed by atoms with Crippen molar-refractivity contribution in [1.29, 1.82) is 0 Å². The number of aromatic nitrogens is 1. The minimum Gasteiger partial charge on any atom is -0.466 e. The zero-order valence-corrected chi connectivity index (χ0v) is 21.2. The molecule has 1 heterocycles. The van der Waals surface area contributed by atoms with Crippen molar-refractivity contribution in [2.24, 2.45) is 0 Å². The van der Waals surface area contributed by atoms with Crippen molar-refractivity contribution in [2.75, 3.05) is 6.61 Å². The monoisotopic (exact) mass is 467 g/mol. The van der Waals surface area contributed by atoms with Gasteiger partial charge in [0, 0.05) is 17.1 Å². The minimum absolute atomic E-state index is 0.183. The summed E-state index contributed by atoms with van der Waals surface area (Å²) in [6.07, 6.45) is 3.50. The number of rotatable bonds is 4. The maximum Gasteiger partial charge on any atom is 0.310 e. The van der Waals surface area contributed by atoms with Crippen LogP contribution in [-0.4, -0.2) is 28.3 Å². The lowest BCUT2D eigenvalue weighted by Gasteiger charge is -2.18. The molecule has 4 nitrogen and oxygen atoms in total. The average Bonchev–Trinajstić information content (AvgIpc) is 3.52. The van der Waals surface area contributed by atoms with Crippen molar-refractivity contribution in [1.82, 2.24) is 4.98 Å². The van der Waals surface area contributed by atoms with Crippen molar-refractivity contribution in [2.45, 2.75) is 64.9 Å². The molecule has 1 fully saturated rings. The minimum atomic E-state index is -0.500. The number of esters is 1. The van der Waals surface area contributed by atoms with Gasteiger partial charge in [0.1, 0.15) is 0 Å². The van der Waals surface area contributed by atoms with Gasteiger partial charge in [-0.15, -0.1) is 0 Å². The van der Waals surface area contributed by atoms with Crippen molar-refractivity contribution >= 4 is 27.6 Å². The molecule has 6 rings (SSSR count). The first kappa shape index (κ1) is 23.5. The quantitative estimate of drug-likeness (QED) is 0.334. The Labute approximate surface area is 207 Å². The predicted molar refractivity (Wildman–Crippen MR) is 142 cm³/mol. The van der Waals surface area contributed by atoms with Crippen LogP contribution in [-0.2, 0) is 16.0 Å². The standard InChI is InChI=1S/C27H23NO2.C4H10O/c1-3-30-24(29)14-21-15(2)12-16-6-4-5-7-17(16)25(21)20-9-8-18-22-13-23(22)19-10-11-28-27(20)26(18)19;1-4(2,3)5/h4-12,22-23H,3,13-14H2,1-2H3;5H,1-3H3. The van der Waals surface area contributed by atoms with Crippen LogP contribution in [0.1, 0.15) is 68.2 Å². The molecule has 0 saturated heterocycles. The Bertz CT molecular complexity index is 1430. The predicted octanol–water partition coefficient (Wildman–Crippen LogP) is 6.83. The van der Waals surface area contributed by atoms with Gasteiger partial charge in [-0.3, -0.25) is 9.78 Å². The maximum absolute atomic E-state index is 12.5. The zero-order chi connectivity index (χ0) is 24.9. The summed E-state index contributed by atoms with van der Waals surface area (Å²) in [4.78, 5) is 17.3. The number of hydrogen-bond donors (Lipinski definition) is 1. The third-order valence-electron chi connectivity index (χ3n) is 6.82. The number of pyridine rings is 1. The van der Waals surface area contributed by atoms with Crippen LogP contribution >= 0.6 is 0 Å². The topological polar surface area (TPSA) is 59.4 Å². The number of nitrogens with zero attached hydrogens (tertiary/aromatic N) is 1. The summed E-state index contributed by atoms with van der Waals surface area (Å²) < 4.78 is 5.30. The Morgan fingerprint density at radius 2 is 1.77 bits per heavy atom. The van der Waals surface area contributed by atoms with E-state index in [1.54, 1.807) is 20.8 Å². The van der Waals surface area contributed by atoms with E-state index < -0.39 is 5.60 Å². The average molecular weight is 468 g/mol. The number of fused-ring (bicyclic) bond motifs is 4. The van der Waals surface area contributed by atoms with Gasteiger partial charge in [-0.25, -0.2) is 0 Å². The van der Waals surface area contributed by atoms with Gasteiger partial charge in [0.05, 0.1) is 24.1 Å². The normalized spacial score (nSPS) is 17.7. The molecule has 0 bridgehead atoms. The van der Waals surface area contributed by atoms with Crippen LogP contribution in [0, 0.1) is 6.92 Å². The molecule has 1 N–H and O–H groups in total. The zero-order valence-electron chi connectivity index (χ0n) is 21.2. The lowest BCUT2D eigenvalue weighted by Crippen LogP contribution is -2.10. The molecule has 0 aliphatic heterocycles. The number of benzene rings is 3. The summed E-state index contributed by atoms with van der Waals surface area (Å²) in [5.74, 6) is 1.17. The van der Waals surface area contributed by atoms with Crippen LogP contribution in [0.15, 0.2) is 54.7 Å². The summed E-state index contributed by atoms with van der Waals surface area (Å²) in [6, 6.07) is 17.3. The van der Waals surface area contributed by atoms with Gasteiger partial charge in [0.2, 0.25) is 0 Å². The van der Waals surface area contributed by atoms with Crippen LogP contribution < -0.4 is 0 Å². The second-order valence-corrected chi connectivity index (χ2v) is 10.7. The molecule has 4 aromatic rings. The fraction of sp³-hybridized carbons (Fsp3) is 0.355. The van der Waals surface area contributed by atoms with Gasteiger partial charge in [-0.1, -0.05) is 42.5 Å². The van der Waals surface area contributed by atoms with E-state index in [0.29, 0.717) is 18.4 Å². The van der Waals surface area contributed by atoms with Crippen LogP contribution in [0.2, 0.25) is 0 Å². The molecule has 3 aromatic carbocycles. The smallest absolute Gasteiger partial charge is 0.310 e. The first-order chi connectivity index (χ1) is 16.7. The Morgan fingerprint density at radius 3 is 2.49 bits per heavy atom. The molecule has 180 valence electrons. The molecule has 1 saturated carbocycles. The van der Waals surface area contributed by atoms with Crippen molar-refractivity contribution in [3.8, 4) is 11.1 Å². The molecule has 0 amide bonds. The highest BCUT2D eigenvalue weighted by molar-refractivity contribution is 6.08. The molecule has 2 aliphatic carbocycles. The maximum atomic E-state index is 12.5. The Balaban J connectivity index is 0.000000464. The Hall–Kier alpha value is -3.24. The van der Waals surface area contributed by atoms with Crippen LogP contribution in [0.25, 0.3) is 32.8 Å². The number of aliphatic hydroxyl groups is 1. The largest absolute Gasteiger partial charge is 0.466 e. The fourth-order valence-corrected chi connectivity index (χ4v) is 5.44. The molecule has 0 spiro atoms. The molecule has 2 atom stereocenters. The van der Waals surface area contributed by atoms with Gasteiger partial charge in [-0.05, 0) is 97.5 Å². The van der Waals surface area contributed by atoms with Crippen LogP contribution in [0.5, 0.6) is 0 Å². The lowest BCUT2D eigenvalue weighted by atomic mass is 9.86. The summed E-state index contributed by atoms with van der Waals surface area (Å²) >= 11 is 0. The molecule has 1 aromatic heterocycles. The highest BCUT2D eigenvalue weighted by atomic mass is 16.5. The molecular weight excluding hydrogens is 434 g/mol. The van der Waals surface area contributed by atoms with Gasteiger partial charge in [0.15, 0.2) is 0 Å². The van der Waals surface area contributed by atoms with Crippen LogP contribution in [0.4, 0.5) is 0 Å². The van der Waals surface area contributed by atoms with E-state index in [9.17, 15) is 4.79 Å². The molecular formula is C31H33NO3. The number of hydrogen-bond acceptors (Lipinski definition) is 4. The second-order valence-electron chi connectivity index (χ2n) is 10.7. The summed E-state index contributed by atoms with van der Waals surface area (Å²) in [6.45, 7) is 9.57. The summed E-state index contributed by atoms with van der Waals surface area (Å²) in [7, 11) is 0. The second kappa shape index (κ2) is 8.76. The molecule has 4 heteroatoms. The van der Waals surface area contributed by atoms with Gasteiger partial charge in [0.25, 0.3) is 0 Å². The SMILES string of the molecule is CC(C)(C)O.CCOC(=O)Cc1c(C)cc2ccccc2c1-c1ccc2c3c(ccnc13)C1CC21. The lowest BCUT2D eigenvalue weighted by molar-refractivity contribution is -0.142. The Kier molecular flexibility index (Phi) is 5.88. The van der Waals surface area contributed by atoms with E-state index in [4.69, 9.17) is 14.8 Å². The molecule has 2 aliphatic rings.